The van der Waals surface area contributed by atoms with E-state index in [1.165, 1.54) is 178 Å². The van der Waals surface area contributed by atoms with Gasteiger partial charge in [-0.25, -0.2) is 0 Å². The Balaban J connectivity index is -0.000000167. The normalized spacial score (nSPS) is 8.56. The van der Waals surface area contributed by atoms with Crippen LogP contribution in [0, 0.1) is 0 Å². The maximum Gasteiger partial charge on any atom is 0.302 e. The topological polar surface area (TPSA) is 112 Å². The van der Waals surface area contributed by atoms with Crippen LogP contribution < -0.4 is 0 Å². The molecule has 0 aliphatic rings. The van der Waals surface area contributed by atoms with E-state index in [1.54, 1.807) is 28.4 Å². The Morgan fingerprint density at radius 1 is 0.324 bits per heavy atom. The van der Waals surface area contributed by atoms with Gasteiger partial charge in [0.2, 0.25) is 0 Å². The summed E-state index contributed by atoms with van der Waals surface area (Å²) in [5.41, 5.74) is 8.85. The Hall–Kier alpha value is -4.60. The first-order valence-corrected chi connectivity index (χ1v) is 33.0. The smallest absolute Gasteiger partial charge is 0.302 e. The molecule has 0 atom stereocenters. The van der Waals surface area contributed by atoms with Gasteiger partial charge < -0.3 is 29.2 Å². The van der Waals surface area contributed by atoms with Crippen molar-refractivity contribution in [1.29, 1.82) is 0 Å². The Morgan fingerprint density at radius 2 is 0.451 bits per heavy atom. The second-order valence-electron chi connectivity index (χ2n) is 14.4. The second kappa shape index (κ2) is 69.7. The average Bonchev–Trinajstić information content (AvgIpc) is 3.43. The van der Waals surface area contributed by atoms with Gasteiger partial charge in [0, 0.05) is 118 Å². The van der Waals surface area contributed by atoms with Crippen LogP contribution in [0.25, 0.3) is 0 Å². The van der Waals surface area contributed by atoms with Gasteiger partial charge in [-0.1, -0.05) is 217 Å². The number of benzene rings is 6. The van der Waals surface area contributed by atoms with E-state index in [0.717, 1.165) is 14.2 Å². The highest BCUT2D eigenvalue weighted by atomic mass is 28.2. The van der Waals surface area contributed by atoms with Crippen molar-refractivity contribution >= 4 is 73.4 Å². The van der Waals surface area contributed by atoms with Crippen LogP contribution in [0.4, 0.5) is 0 Å². The molecule has 2 N–H and O–H groups in total. The summed E-state index contributed by atoms with van der Waals surface area (Å²) in [7, 11) is 19.0. The molecule has 0 saturated heterocycles. The third-order valence-electron chi connectivity index (χ3n) is 8.47. The van der Waals surface area contributed by atoms with E-state index in [9.17, 15) is 9.59 Å². The highest BCUT2D eigenvalue weighted by Gasteiger charge is 1.87. The zero-order valence-corrected chi connectivity index (χ0v) is 59.0. The minimum absolute atomic E-state index is 0.245. The highest BCUT2D eigenvalue weighted by Crippen LogP contribution is 2.02. The SMILES string of the molecule is CO.CO.COC.COC.COC(C)=O.COC(C)=O.[SiH3]CCc1ccccc1.[SiH3]CCc1ccccc1.[SiH3]CCc1ccccc1.[SiH3]Cc1ccccc1.[SiH3]Cc1ccccc1.[SiH3]Cc1ccccc1. The van der Waals surface area contributed by atoms with Gasteiger partial charge in [0.05, 0.1) is 14.2 Å². The molecule has 0 saturated carbocycles. The van der Waals surface area contributed by atoms with Crippen molar-refractivity contribution in [1.82, 2.24) is 0 Å². The van der Waals surface area contributed by atoms with Gasteiger partial charge in [-0.2, -0.15) is 0 Å². The summed E-state index contributed by atoms with van der Waals surface area (Å²) >= 11 is 0. The molecule has 0 aliphatic carbocycles. The number of hydrogen-bond acceptors (Lipinski definition) is 8. The molecular formula is C57H98O8Si6. The summed E-state index contributed by atoms with van der Waals surface area (Å²) in [4.78, 5) is 19.2. The summed E-state index contributed by atoms with van der Waals surface area (Å²) in [5, 5.41) is 14.0. The molecule has 71 heavy (non-hydrogen) atoms. The highest BCUT2D eigenvalue weighted by molar-refractivity contribution is 6.09. The zero-order valence-electron chi connectivity index (χ0n) is 47.0. The third-order valence-corrected chi connectivity index (χ3v) is 12.4. The second-order valence-corrected chi connectivity index (χ2v) is 19.6. The molecule has 0 bridgehead atoms. The lowest BCUT2D eigenvalue weighted by Gasteiger charge is -1.93. The predicted molar refractivity (Wildman–Crippen MR) is 332 cm³/mol. The lowest BCUT2D eigenvalue weighted by Crippen LogP contribution is -1.88. The van der Waals surface area contributed by atoms with Gasteiger partial charge in [0.25, 0.3) is 0 Å². The fourth-order valence-corrected chi connectivity index (χ4v) is 8.09. The third kappa shape index (κ3) is 67.5. The Bertz CT molecular complexity index is 1630. The summed E-state index contributed by atoms with van der Waals surface area (Å²) in [5.74, 6) is -0.491. The molecule has 0 aliphatic heterocycles. The molecular weight excluding hydrogens is 981 g/mol. The molecule has 0 heterocycles. The first-order chi connectivity index (χ1) is 34.5. The van der Waals surface area contributed by atoms with Crippen molar-refractivity contribution in [2.45, 2.75) is 69.4 Å². The lowest BCUT2D eigenvalue weighted by atomic mass is 10.2. The first kappa shape index (κ1) is 77.8. The van der Waals surface area contributed by atoms with E-state index in [2.05, 4.69) is 201 Å². The average molecular weight is 1080 g/mol. The number of aliphatic hydroxyl groups excluding tert-OH is 2. The number of methoxy groups -OCH3 is 4. The molecule has 0 spiro atoms. The van der Waals surface area contributed by atoms with Crippen LogP contribution in [-0.4, -0.2) is 140 Å². The zero-order chi connectivity index (χ0) is 55.0. The molecule has 6 aromatic carbocycles. The van der Waals surface area contributed by atoms with E-state index in [-0.39, 0.29) is 11.9 Å². The van der Waals surface area contributed by atoms with Gasteiger partial charge >= 0.3 is 11.9 Å². The van der Waals surface area contributed by atoms with Crippen molar-refractivity contribution < 1.29 is 38.7 Å². The van der Waals surface area contributed by atoms with E-state index < -0.39 is 0 Å². The maximum absolute atomic E-state index is 9.59. The number of carbonyl (C=O) groups is 2. The van der Waals surface area contributed by atoms with Crippen LogP contribution in [0.2, 0.25) is 18.1 Å². The fraction of sp³-hybridized carbons (Fsp3) is 0.333. The monoisotopic (exact) mass is 1080 g/mol. The molecule has 0 unspecified atom stereocenters. The molecule has 6 aromatic rings. The fourth-order valence-electron chi connectivity index (χ4n) is 4.94. The van der Waals surface area contributed by atoms with Crippen LogP contribution in [-0.2, 0) is 65.9 Å². The molecule has 0 radical (unpaired) electrons. The van der Waals surface area contributed by atoms with Crippen molar-refractivity contribution in [3.05, 3.63) is 215 Å². The van der Waals surface area contributed by atoms with Crippen LogP contribution in [0.1, 0.15) is 47.2 Å². The Morgan fingerprint density at radius 3 is 0.535 bits per heavy atom. The minimum Gasteiger partial charge on any atom is -0.469 e. The van der Waals surface area contributed by atoms with Gasteiger partial charge in [-0.15, -0.1) is 0 Å². The molecule has 0 amide bonds. The van der Waals surface area contributed by atoms with Crippen molar-refractivity contribution in [3.63, 3.8) is 0 Å². The minimum atomic E-state index is -0.245. The Labute approximate surface area is 451 Å². The molecule has 0 aromatic heterocycles. The van der Waals surface area contributed by atoms with Crippen LogP contribution in [0.5, 0.6) is 0 Å². The summed E-state index contributed by atoms with van der Waals surface area (Å²) in [6, 6.07) is 71.7. The first-order valence-electron chi connectivity index (χ1n) is 24.5. The van der Waals surface area contributed by atoms with Crippen molar-refractivity contribution in [3.8, 4) is 0 Å². The van der Waals surface area contributed by atoms with E-state index in [1.807, 2.05) is 0 Å². The summed E-state index contributed by atoms with van der Waals surface area (Å²) in [6.07, 6.45) is 3.81. The van der Waals surface area contributed by atoms with Crippen LogP contribution in [0.15, 0.2) is 182 Å². The number of carbonyl (C=O) groups excluding carboxylic acids is 2. The van der Waals surface area contributed by atoms with Crippen molar-refractivity contribution in [2.24, 2.45) is 0 Å². The maximum atomic E-state index is 9.59. The van der Waals surface area contributed by atoms with Gasteiger partial charge in [-0.3, -0.25) is 9.59 Å². The number of aryl methyl sites for hydroxylation is 3. The number of ether oxygens (including phenoxy) is 4. The van der Waals surface area contributed by atoms with Gasteiger partial charge in [0.1, 0.15) is 0 Å². The number of aliphatic hydroxyl groups is 2. The van der Waals surface area contributed by atoms with E-state index in [0.29, 0.717) is 0 Å². The summed E-state index contributed by atoms with van der Waals surface area (Å²) < 4.78 is 16.7. The van der Waals surface area contributed by atoms with Crippen molar-refractivity contribution in [2.75, 3.05) is 56.9 Å². The largest absolute Gasteiger partial charge is 0.469 e. The number of hydrogen-bond donors (Lipinski definition) is 2. The lowest BCUT2D eigenvalue weighted by molar-refractivity contribution is -0.138. The quantitative estimate of drug-likeness (QED) is 0.157. The standard InChI is InChI=1S/3C8H12Si.3C7H10Si.2C3H6O2.2C2H6O.2CH4O/c3*9-7-6-8-4-2-1-3-5-8;3*8-6-7-4-2-1-3-5-7;2*1-3(4)5-2;2*1-3-2;2*1-2/h3*1-5H,6-7H2,9H3;3*1-5H,6H2,8H3;2*1-2H3;2*1-2H3;2*2H,1H3. The molecule has 14 heteroatoms. The summed E-state index contributed by atoms with van der Waals surface area (Å²) in [6.45, 7) is 2.72. The molecule has 398 valence electrons. The number of esters is 2. The van der Waals surface area contributed by atoms with E-state index >= 15 is 0 Å². The van der Waals surface area contributed by atoms with E-state index in [4.69, 9.17) is 10.2 Å². The molecule has 8 nitrogen and oxygen atoms in total. The Kier molecular flexibility index (Phi) is 76.4. The molecule has 0 fully saturated rings. The van der Waals surface area contributed by atoms with Crippen LogP contribution in [0.3, 0.4) is 0 Å². The van der Waals surface area contributed by atoms with Gasteiger partial charge in [-0.05, 0) is 54.1 Å². The molecule has 6 rings (SSSR count). The predicted octanol–water partition coefficient (Wildman–Crippen LogP) is 4.80. The van der Waals surface area contributed by atoms with Gasteiger partial charge in [0.15, 0.2) is 0 Å². The van der Waals surface area contributed by atoms with Crippen LogP contribution >= 0.6 is 0 Å². The number of rotatable bonds is 9.